The lowest BCUT2D eigenvalue weighted by atomic mass is 10.3. The number of alkyl halides is 1. The highest BCUT2D eigenvalue weighted by Crippen LogP contribution is 2.20. The van der Waals surface area contributed by atoms with E-state index in [1.54, 1.807) is 0 Å². The summed E-state index contributed by atoms with van der Waals surface area (Å²) in [6.45, 7) is 2.37. The van der Waals surface area contributed by atoms with Crippen molar-refractivity contribution in [2.75, 3.05) is 24.1 Å². The van der Waals surface area contributed by atoms with E-state index in [0.29, 0.717) is 6.54 Å². The van der Waals surface area contributed by atoms with Crippen LogP contribution in [0.15, 0.2) is 0 Å². The summed E-state index contributed by atoms with van der Waals surface area (Å²) in [5.74, 6) is 0. The predicted molar refractivity (Wildman–Crippen MR) is 51.7 cm³/mol. The number of nitrogens with one attached hydrogen (secondary N) is 1. The van der Waals surface area contributed by atoms with Gasteiger partial charge in [-0.1, -0.05) is 4.51 Å². The number of hydrogen-bond acceptors (Lipinski definition) is 3. The lowest BCUT2D eigenvalue weighted by Gasteiger charge is -2.08. The third kappa shape index (κ3) is 2.26. The summed E-state index contributed by atoms with van der Waals surface area (Å²) < 4.78 is 10.2. The molecule has 1 aliphatic heterocycles. The number of rotatable bonds is 5. The Labute approximate surface area is 71.1 Å². The Kier molecular flexibility index (Phi) is 3.22. The molecule has 10 heavy (non-hydrogen) atoms. The molecule has 1 aliphatic rings. The molecule has 0 aromatic heterocycles. The first-order valence-electron chi connectivity index (χ1n) is 3.25. The Morgan fingerprint density at radius 3 is 2.90 bits per heavy atom. The van der Waals surface area contributed by atoms with E-state index in [2.05, 4.69) is 9.83 Å². The van der Waals surface area contributed by atoms with Gasteiger partial charge in [0.2, 0.25) is 0 Å². The molecular weight excluding hydrogens is 243 g/mol. The van der Waals surface area contributed by atoms with E-state index in [9.17, 15) is 0 Å². The van der Waals surface area contributed by atoms with E-state index in [0.717, 1.165) is 13.2 Å². The molecule has 60 valence electrons. The lowest BCUT2D eigenvalue weighted by Crippen LogP contribution is -2.40. The van der Waals surface area contributed by atoms with Crippen LogP contribution in [0.5, 0.6) is 0 Å². The number of nitrogens with two attached hydrogens (primary N) is 1. The van der Waals surface area contributed by atoms with Crippen molar-refractivity contribution in [3.05, 3.63) is 0 Å². The van der Waals surface area contributed by atoms with Gasteiger partial charge in [0.1, 0.15) is 0 Å². The molecule has 0 amide bonds. The van der Waals surface area contributed by atoms with Gasteiger partial charge in [-0.15, -0.1) is 20.7 Å². The van der Waals surface area contributed by atoms with Gasteiger partial charge in [-0.3, -0.25) is 5.32 Å². The largest absolute Gasteiger partial charge is 0.352 e. The van der Waals surface area contributed by atoms with Crippen LogP contribution in [0.1, 0.15) is 0 Å². The van der Waals surface area contributed by atoms with Crippen LogP contribution in [-0.4, -0.2) is 34.4 Å². The van der Waals surface area contributed by atoms with Crippen LogP contribution in [0.2, 0.25) is 0 Å². The molecule has 1 saturated heterocycles. The van der Waals surface area contributed by atoms with Gasteiger partial charge in [-0.05, 0) is 0 Å². The van der Waals surface area contributed by atoms with Crippen LogP contribution in [0, 0.1) is 0 Å². The van der Waals surface area contributed by atoms with Gasteiger partial charge in [-0.25, -0.2) is 0 Å². The minimum atomic E-state index is -0.140. The molecule has 1 heterocycles. The van der Waals surface area contributed by atoms with Crippen molar-refractivity contribution in [1.82, 2.24) is 5.32 Å². The molecule has 0 saturated carbocycles. The van der Waals surface area contributed by atoms with Crippen LogP contribution in [0.4, 0.5) is 0 Å². The first-order chi connectivity index (χ1) is 4.83. The van der Waals surface area contributed by atoms with Gasteiger partial charge in [-0.2, -0.15) is 0 Å². The highest BCUT2D eigenvalue weighted by molar-refractivity contribution is 14.2. The molecule has 0 aromatic rings. The summed E-state index contributed by atoms with van der Waals surface area (Å²) in [7, 11) is 0. The Morgan fingerprint density at radius 1 is 1.80 bits per heavy atom. The monoisotopic (exact) mass is 256 g/mol. The van der Waals surface area contributed by atoms with E-state index in [4.69, 9.17) is 10.5 Å². The van der Waals surface area contributed by atoms with Crippen LogP contribution >= 0.6 is 20.7 Å². The first kappa shape index (κ1) is 8.58. The SMILES string of the molecule is C=ICCNC1(CN)CO1. The summed E-state index contributed by atoms with van der Waals surface area (Å²) in [5.41, 5.74) is 5.32. The van der Waals surface area contributed by atoms with E-state index >= 15 is 0 Å². The van der Waals surface area contributed by atoms with E-state index in [1.807, 2.05) is 0 Å². The summed E-state index contributed by atoms with van der Waals surface area (Å²) in [6.07, 6.45) is 0. The average Bonchev–Trinajstić information content (AvgIpc) is 2.70. The molecule has 4 heteroatoms. The first-order valence-corrected chi connectivity index (χ1v) is 6.30. The Bertz CT molecular complexity index is 125. The van der Waals surface area contributed by atoms with E-state index in [1.165, 1.54) is 4.43 Å². The van der Waals surface area contributed by atoms with Crippen LogP contribution in [0.25, 0.3) is 0 Å². The molecule has 1 rings (SSSR count). The summed E-state index contributed by atoms with van der Waals surface area (Å²) >= 11 is 0.166. The van der Waals surface area contributed by atoms with Crippen molar-refractivity contribution in [3.63, 3.8) is 0 Å². The van der Waals surface area contributed by atoms with Gasteiger partial charge in [0.05, 0.1) is 6.61 Å². The van der Waals surface area contributed by atoms with Gasteiger partial charge in [0.15, 0.2) is 5.72 Å². The van der Waals surface area contributed by atoms with Crippen LogP contribution < -0.4 is 11.1 Å². The molecule has 1 fully saturated rings. The molecule has 0 spiro atoms. The summed E-state index contributed by atoms with van der Waals surface area (Å²) in [6, 6.07) is 0. The van der Waals surface area contributed by atoms with Crippen molar-refractivity contribution in [2.24, 2.45) is 5.73 Å². The standard InChI is InChI=1S/C6H13IN2O/c1-7-2-3-9-6(4-8)5-10-6/h9H,1-5,8H2. The van der Waals surface area contributed by atoms with Crippen molar-refractivity contribution < 1.29 is 4.74 Å². The zero-order valence-electron chi connectivity index (χ0n) is 5.90. The second kappa shape index (κ2) is 3.75. The topological polar surface area (TPSA) is 50.6 Å². The van der Waals surface area contributed by atoms with Gasteiger partial charge in [0, 0.05) is 17.5 Å². The Hall–Kier alpha value is 0.480. The second-order valence-electron chi connectivity index (χ2n) is 2.29. The van der Waals surface area contributed by atoms with Crippen LogP contribution in [-0.2, 0) is 4.74 Å². The van der Waals surface area contributed by atoms with E-state index in [-0.39, 0.29) is 26.5 Å². The zero-order valence-corrected chi connectivity index (χ0v) is 8.06. The average molecular weight is 256 g/mol. The molecule has 0 bridgehead atoms. The maximum Gasteiger partial charge on any atom is 0.155 e. The van der Waals surface area contributed by atoms with Crippen molar-refractivity contribution in [2.45, 2.75) is 5.72 Å². The Balaban J connectivity index is 2.06. The van der Waals surface area contributed by atoms with Gasteiger partial charge >= 0.3 is 0 Å². The number of halogens is 1. The number of ether oxygens (including phenoxy) is 1. The van der Waals surface area contributed by atoms with Crippen molar-refractivity contribution >= 4 is 25.2 Å². The summed E-state index contributed by atoms with van der Waals surface area (Å²) in [4.78, 5) is 0. The molecular formula is C6H13IN2O. The lowest BCUT2D eigenvalue weighted by molar-refractivity contribution is 0.267. The number of epoxide rings is 1. The fourth-order valence-corrected chi connectivity index (χ4v) is 1.37. The van der Waals surface area contributed by atoms with Gasteiger partial charge in [0.25, 0.3) is 0 Å². The molecule has 3 nitrogen and oxygen atoms in total. The fourth-order valence-electron chi connectivity index (χ4n) is 0.721. The number of hydrogen-bond donors (Lipinski definition) is 2. The molecule has 1 atom stereocenters. The summed E-state index contributed by atoms with van der Waals surface area (Å²) in [5, 5.41) is 3.26. The molecule has 3 N–H and O–H groups in total. The van der Waals surface area contributed by atoms with Gasteiger partial charge < -0.3 is 10.5 Å². The quantitative estimate of drug-likeness (QED) is 0.306. The highest BCUT2D eigenvalue weighted by Gasteiger charge is 2.42. The molecule has 1 unspecified atom stereocenters. The van der Waals surface area contributed by atoms with E-state index < -0.39 is 0 Å². The molecule has 0 radical (unpaired) electrons. The predicted octanol–water partition coefficient (Wildman–Crippen LogP) is -0.336. The smallest absolute Gasteiger partial charge is 0.155 e. The Morgan fingerprint density at radius 2 is 2.50 bits per heavy atom. The minimum absolute atomic E-state index is 0.140. The maximum atomic E-state index is 5.46. The second-order valence-corrected chi connectivity index (χ2v) is 4.45. The van der Waals surface area contributed by atoms with Crippen LogP contribution in [0.3, 0.4) is 0 Å². The fraction of sp³-hybridized carbons (Fsp3) is 0.833. The molecule has 0 aromatic carbocycles. The highest BCUT2D eigenvalue weighted by atomic mass is 127. The normalized spacial score (nSPS) is 30.5. The minimum Gasteiger partial charge on any atom is -0.352 e. The zero-order chi connectivity index (χ0) is 7.45. The molecule has 0 aliphatic carbocycles. The third-order valence-corrected chi connectivity index (χ3v) is 2.80. The van der Waals surface area contributed by atoms with Crippen molar-refractivity contribution in [3.8, 4) is 0 Å². The van der Waals surface area contributed by atoms with Crippen molar-refractivity contribution in [1.29, 1.82) is 0 Å². The third-order valence-electron chi connectivity index (χ3n) is 1.50. The maximum absolute atomic E-state index is 5.46.